The van der Waals surface area contributed by atoms with Crippen LogP contribution in [0, 0.1) is 0 Å². The Morgan fingerprint density at radius 2 is 1.68 bits per heavy atom. The number of ether oxygens (including phenoxy) is 1. The predicted molar refractivity (Wildman–Crippen MR) is 72.7 cm³/mol. The van der Waals surface area contributed by atoms with Gasteiger partial charge in [0.15, 0.2) is 5.76 Å². The van der Waals surface area contributed by atoms with Gasteiger partial charge in [-0.1, -0.05) is 35.5 Å². The fourth-order valence-electron chi connectivity index (χ4n) is 1.82. The Labute approximate surface area is 111 Å². The van der Waals surface area contributed by atoms with Crippen LogP contribution in [-0.4, -0.2) is 5.16 Å². The number of benzene rings is 2. The summed E-state index contributed by atoms with van der Waals surface area (Å²) in [5.41, 5.74) is 2.14. The highest BCUT2D eigenvalue weighted by Crippen LogP contribution is 2.22. The molecule has 0 amide bonds. The van der Waals surface area contributed by atoms with Crippen molar-refractivity contribution in [2.24, 2.45) is 0 Å². The Morgan fingerprint density at radius 1 is 0.895 bits per heavy atom. The summed E-state index contributed by atoms with van der Waals surface area (Å²) in [6.45, 7) is 0.572. The standard InChI is InChI=1S/C16H13NO2/c1-2-4-13(5-3-1)12-18-15-8-6-14(7-9-15)16-10-11-17-19-16/h1-11H,12H2. The Bertz CT molecular complexity index is 616. The van der Waals surface area contributed by atoms with Crippen molar-refractivity contribution in [3.63, 3.8) is 0 Å². The monoisotopic (exact) mass is 251 g/mol. The van der Waals surface area contributed by atoms with E-state index in [0.29, 0.717) is 6.61 Å². The number of aromatic nitrogens is 1. The SMILES string of the molecule is c1ccc(COc2ccc(-c3ccno3)cc2)cc1. The van der Waals surface area contributed by atoms with Gasteiger partial charge in [-0.2, -0.15) is 0 Å². The van der Waals surface area contributed by atoms with Crippen LogP contribution < -0.4 is 4.74 Å². The molecule has 0 fully saturated rings. The average Bonchev–Trinajstić information content (AvgIpc) is 3.01. The van der Waals surface area contributed by atoms with Crippen LogP contribution in [0.5, 0.6) is 5.75 Å². The summed E-state index contributed by atoms with van der Waals surface area (Å²) in [5, 5.41) is 3.69. The lowest BCUT2D eigenvalue weighted by molar-refractivity contribution is 0.306. The van der Waals surface area contributed by atoms with E-state index in [2.05, 4.69) is 5.16 Å². The fraction of sp³-hybridized carbons (Fsp3) is 0.0625. The van der Waals surface area contributed by atoms with Crippen molar-refractivity contribution < 1.29 is 9.26 Å². The maximum Gasteiger partial charge on any atom is 0.166 e. The van der Waals surface area contributed by atoms with Crippen LogP contribution in [-0.2, 0) is 6.61 Å². The zero-order chi connectivity index (χ0) is 12.9. The molecule has 94 valence electrons. The maximum absolute atomic E-state index is 5.72. The minimum atomic E-state index is 0.572. The van der Waals surface area contributed by atoms with Gasteiger partial charge in [0, 0.05) is 11.6 Å². The quantitative estimate of drug-likeness (QED) is 0.705. The third-order valence-electron chi connectivity index (χ3n) is 2.82. The van der Waals surface area contributed by atoms with Crippen LogP contribution in [0.3, 0.4) is 0 Å². The molecule has 0 saturated heterocycles. The number of rotatable bonds is 4. The van der Waals surface area contributed by atoms with Crippen LogP contribution in [0.15, 0.2) is 71.4 Å². The van der Waals surface area contributed by atoms with Gasteiger partial charge in [-0.15, -0.1) is 0 Å². The van der Waals surface area contributed by atoms with Gasteiger partial charge in [-0.05, 0) is 29.8 Å². The minimum Gasteiger partial charge on any atom is -0.489 e. The van der Waals surface area contributed by atoms with Gasteiger partial charge in [-0.3, -0.25) is 0 Å². The van der Waals surface area contributed by atoms with E-state index in [1.165, 1.54) is 0 Å². The van der Waals surface area contributed by atoms with Gasteiger partial charge in [0.25, 0.3) is 0 Å². The molecule has 3 rings (SSSR count). The lowest BCUT2D eigenvalue weighted by atomic mass is 10.2. The van der Waals surface area contributed by atoms with Gasteiger partial charge in [0.2, 0.25) is 0 Å². The average molecular weight is 251 g/mol. The molecule has 0 atom stereocenters. The van der Waals surface area contributed by atoms with E-state index in [-0.39, 0.29) is 0 Å². The Kier molecular flexibility index (Phi) is 3.28. The van der Waals surface area contributed by atoms with Gasteiger partial charge >= 0.3 is 0 Å². The molecule has 19 heavy (non-hydrogen) atoms. The molecule has 3 aromatic rings. The minimum absolute atomic E-state index is 0.572. The third kappa shape index (κ3) is 2.83. The first kappa shape index (κ1) is 11.5. The summed E-state index contributed by atoms with van der Waals surface area (Å²) in [4.78, 5) is 0. The van der Waals surface area contributed by atoms with Crippen molar-refractivity contribution in [1.29, 1.82) is 0 Å². The van der Waals surface area contributed by atoms with Crippen LogP contribution in [0.2, 0.25) is 0 Å². The molecule has 0 saturated carbocycles. The highest BCUT2D eigenvalue weighted by Gasteiger charge is 2.02. The molecule has 0 spiro atoms. The molecule has 0 unspecified atom stereocenters. The molecular weight excluding hydrogens is 238 g/mol. The second-order valence-electron chi connectivity index (χ2n) is 4.18. The van der Waals surface area contributed by atoms with Gasteiger partial charge in [-0.25, -0.2) is 0 Å². The molecule has 0 N–H and O–H groups in total. The molecule has 3 heteroatoms. The van der Waals surface area contributed by atoms with Crippen LogP contribution in [0.4, 0.5) is 0 Å². The summed E-state index contributed by atoms with van der Waals surface area (Å²) in [6.07, 6.45) is 1.63. The van der Waals surface area contributed by atoms with Crippen molar-refractivity contribution in [3.05, 3.63) is 72.4 Å². The van der Waals surface area contributed by atoms with Crippen molar-refractivity contribution in [2.75, 3.05) is 0 Å². The molecule has 0 bridgehead atoms. The molecular formula is C16H13NO2. The van der Waals surface area contributed by atoms with Gasteiger partial charge < -0.3 is 9.26 Å². The van der Waals surface area contributed by atoms with E-state index in [9.17, 15) is 0 Å². The lowest BCUT2D eigenvalue weighted by Crippen LogP contribution is -1.94. The first-order valence-electron chi connectivity index (χ1n) is 6.10. The Morgan fingerprint density at radius 3 is 2.37 bits per heavy atom. The van der Waals surface area contributed by atoms with Crippen LogP contribution in [0.25, 0.3) is 11.3 Å². The largest absolute Gasteiger partial charge is 0.489 e. The highest BCUT2D eigenvalue weighted by atomic mass is 16.5. The number of nitrogens with zero attached hydrogens (tertiary/aromatic N) is 1. The first-order valence-corrected chi connectivity index (χ1v) is 6.10. The maximum atomic E-state index is 5.72. The summed E-state index contributed by atoms with van der Waals surface area (Å²) in [7, 11) is 0. The molecule has 3 nitrogen and oxygen atoms in total. The van der Waals surface area contributed by atoms with E-state index in [1.807, 2.05) is 60.7 Å². The van der Waals surface area contributed by atoms with E-state index in [1.54, 1.807) is 6.20 Å². The molecule has 1 heterocycles. The first-order chi connectivity index (χ1) is 9.42. The van der Waals surface area contributed by atoms with E-state index >= 15 is 0 Å². The topological polar surface area (TPSA) is 35.3 Å². The molecule has 0 aliphatic carbocycles. The van der Waals surface area contributed by atoms with Gasteiger partial charge in [0.05, 0.1) is 6.20 Å². The second-order valence-corrected chi connectivity index (χ2v) is 4.18. The summed E-state index contributed by atoms with van der Waals surface area (Å²) in [6, 6.07) is 19.7. The van der Waals surface area contributed by atoms with E-state index in [0.717, 1.165) is 22.6 Å². The molecule has 0 radical (unpaired) electrons. The summed E-state index contributed by atoms with van der Waals surface area (Å²) < 4.78 is 10.8. The molecule has 0 aliphatic rings. The highest BCUT2D eigenvalue weighted by molar-refractivity contribution is 5.57. The van der Waals surface area contributed by atoms with E-state index < -0.39 is 0 Å². The number of hydrogen-bond acceptors (Lipinski definition) is 3. The van der Waals surface area contributed by atoms with Crippen molar-refractivity contribution in [3.8, 4) is 17.1 Å². The Hall–Kier alpha value is -2.55. The van der Waals surface area contributed by atoms with Crippen molar-refractivity contribution in [2.45, 2.75) is 6.61 Å². The summed E-state index contributed by atoms with van der Waals surface area (Å²) in [5.74, 6) is 1.60. The Balaban J connectivity index is 1.67. The number of hydrogen-bond donors (Lipinski definition) is 0. The summed E-state index contributed by atoms with van der Waals surface area (Å²) >= 11 is 0. The molecule has 2 aromatic carbocycles. The van der Waals surface area contributed by atoms with E-state index in [4.69, 9.17) is 9.26 Å². The zero-order valence-electron chi connectivity index (χ0n) is 10.3. The smallest absolute Gasteiger partial charge is 0.166 e. The third-order valence-corrected chi connectivity index (χ3v) is 2.82. The molecule has 0 aliphatic heterocycles. The van der Waals surface area contributed by atoms with Crippen LogP contribution in [0.1, 0.15) is 5.56 Å². The fourth-order valence-corrected chi connectivity index (χ4v) is 1.82. The van der Waals surface area contributed by atoms with Crippen LogP contribution >= 0.6 is 0 Å². The predicted octanol–water partition coefficient (Wildman–Crippen LogP) is 3.92. The van der Waals surface area contributed by atoms with Crippen molar-refractivity contribution in [1.82, 2.24) is 5.16 Å². The van der Waals surface area contributed by atoms with Crippen molar-refractivity contribution >= 4 is 0 Å². The normalized spacial score (nSPS) is 10.3. The lowest BCUT2D eigenvalue weighted by Gasteiger charge is -2.06. The second kappa shape index (κ2) is 5.40. The molecule has 1 aromatic heterocycles. The zero-order valence-corrected chi connectivity index (χ0v) is 10.3. The van der Waals surface area contributed by atoms with Gasteiger partial charge in [0.1, 0.15) is 12.4 Å².